The maximum atomic E-state index is 4.56. The van der Waals surface area contributed by atoms with Crippen molar-refractivity contribution in [2.75, 3.05) is 0 Å². The van der Waals surface area contributed by atoms with Crippen LogP contribution in [0.3, 0.4) is 0 Å². The summed E-state index contributed by atoms with van der Waals surface area (Å²) in [6.45, 7) is 0. The Morgan fingerprint density at radius 2 is 2.25 bits per heavy atom. The highest BCUT2D eigenvalue weighted by Crippen LogP contribution is 2.22. The Labute approximate surface area is 101 Å². The third-order valence-corrected chi connectivity index (χ3v) is 3.16. The molecule has 0 fully saturated rings. The zero-order chi connectivity index (χ0) is 11.1. The second-order valence-electron chi connectivity index (χ2n) is 3.64. The summed E-state index contributed by atoms with van der Waals surface area (Å²) >= 11 is 3.46. The van der Waals surface area contributed by atoms with E-state index in [-0.39, 0.29) is 6.04 Å². The van der Waals surface area contributed by atoms with Crippen molar-refractivity contribution in [2.45, 2.75) is 6.04 Å². The van der Waals surface area contributed by atoms with E-state index < -0.39 is 0 Å². The first-order valence-corrected chi connectivity index (χ1v) is 5.74. The first-order chi connectivity index (χ1) is 7.75. The summed E-state index contributed by atoms with van der Waals surface area (Å²) in [5, 5.41) is 4.16. The van der Waals surface area contributed by atoms with Gasteiger partial charge in [0.1, 0.15) is 11.7 Å². The number of hydrogen-bond acceptors (Lipinski definition) is 3. The maximum absolute atomic E-state index is 4.56. The first-order valence-electron chi connectivity index (χ1n) is 4.95. The van der Waals surface area contributed by atoms with Crippen LogP contribution in [-0.4, -0.2) is 27.4 Å². The second-order valence-corrected chi connectivity index (χ2v) is 4.50. The normalized spacial score (nSPS) is 22.0. The Hall–Kier alpha value is -1.49. The standard InChI is InChI=1S/C11H9BrN4/c1-16-10(7(12)6-13-16)11-14-8-4-2-3-5-9(8)15-11/h2-6,8H,1H3. The summed E-state index contributed by atoms with van der Waals surface area (Å²) < 4.78 is 2.70. The molecule has 1 unspecified atom stereocenters. The number of aryl methyl sites for hydroxylation is 1. The Balaban J connectivity index is 2.08. The third kappa shape index (κ3) is 1.39. The van der Waals surface area contributed by atoms with Crippen LogP contribution in [0.5, 0.6) is 0 Å². The van der Waals surface area contributed by atoms with Crippen molar-refractivity contribution in [3.63, 3.8) is 0 Å². The summed E-state index contributed by atoms with van der Waals surface area (Å²) in [6, 6.07) is 0.0711. The van der Waals surface area contributed by atoms with Crippen molar-refractivity contribution in [1.82, 2.24) is 9.78 Å². The van der Waals surface area contributed by atoms with E-state index in [2.05, 4.69) is 31.0 Å². The van der Waals surface area contributed by atoms with E-state index in [1.807, 2.05) is 31.4 Å². The van der Waals surface area contributed by atoms with Gasteiger partial charge in [0.25, 0.3) is 0 Å². The van der Waals surface area contributed by atoms with Crippen LogP contribution in [0.4, 0.5) is 0 Å². The van der Waals surface area contributed by atoms with Gasteiger partial charge in [-0.05, 0) is 22.0 Å². The minimum atomic E-state index is 0.0711. The molecule has 1 atom stereocenters. The van der Waals surface area contributed by atoms with Crippen molar-refractivity contribution in [3.05, 3.63) is 40.7 Å². The molecule has 0 N–H and O–H groups in total. The summed E-state index contributed by atoms with van der Waals surface area (Å²) in [5.74, 6) is 0.739. The summed E-state index contributed by atoms with van der Waals surface area (Å²) in [7, 11) is 1.89. The van der Waals surface area contributed by atoms with Crippen LogP contribution in [0.25, 0.3) is 0 Å². The summed E-state index contributed by atoms with van der Waals surface area (Å²) in [5.41, 5.74) is 1.91. The van der Waals surface area contributed by atoms with Crippen molar-refractivity contribution in [3.8, 4) is 0 Å². The molecule has 5 heteroatoms. The second kappa shape index (κ2) is 3.52. The average molecular weight is 277 g/mol. The molecule has 3 rings (SSSR count). The van der Waals surface area contributed by atoms with E-state index in [4.69, 9.17) is 0 Å². The molecule has 0 saturated carbocycles. The zero-order valence-corrected chi connectivity index (χ0v) is 10.2. The van der Waals surface area contributed by atoms with E-state index >= 15 is 0 Å². The fourth-order valence-electron chi connectivity index (χ4n) is 1.79. The van der Waals surface area contributed by atoms with Gasteiger partial charge in [0.15, 0.2) is 5.84 Å². The van der Waals surface area contributed by atoms with Gasteiger partial charge in [0.05, 0.1) is 16.4 Å². The third-order valence-electron chi connectivity index (χ3n) is 2.58. The van der Waals surface area contributed by atoms with Crippen LogP contribution in [0.2, 0.25) is 0 Å². The molecule has 1 aromatic rings. The van der Waals surface area contributed by atoms with Crippen LogP contribution in [0.1, 0.15) is 5.69 Å². The number of rotatable bonds is 1. The van der Waals surface area contributed by atoms with E-state index in [0.717, 1.165) is 21.7 Å². The van der Waals surface area contributed by atoms with Crippen LogP contribution >= 0.6 is 15.9 Å². The number of aliphatic imine (C=N–C) groups is 2. The van der Waals surface area contributed by atoms with Gasteiger partial charge < -0.3 is 0 Å². The van der Waals surface area contributed by atoms with Gasteiger partial charge in [0.2, 0.25) is 0 Å². The quantitative estimate of drug-likeness (QED) is 0.772. The molecular formula is C11H9BrN4. The number of nitrogens with zero attached hydrogens (tertiary/aromatic N) is 4. The molecule has 1 aliphatic carbocycles. The van der Waals surface area contributed by atoms with Crippen molar-refractivity contribution in [1.29, 1.82) is 0 Å². The van der Waals surface area contributed by atoms with E-state index in [1.165, 1.54) is 0 Å². The molecule has 2 heterocycles. The topological polar surface area (TPSA) is 42.5 Å². The Morgan fingerprint density at radius 1 is 1.38 bits per heavy atom. The van der Waals surface area contributed by atoms with Crippen molar-refractivity contribution in [2.24, 2.45) is 17.0 Å². The lowest BCUT2D eigenvalue weighted by Crippen LogP contribution is -2.11. The maximum Gasteiger partial charge on any atom is 0.175 e. The summed E-state index contributed by atoms with van der Waals surface area (Å²) in [4.78, 5) is 9.07. The minimum absolute atomic E-state index is 0.0711. The monoisotopic (exact) mass is 276 g/mol. The number of allylic oxidation sites excluding steroid dienone is 2. The van der Waals surface area contributed by atoms with E-state index in [1.54, 1.807) is 10.9 Å². The van der Waals surface area contributed by atoms with Crippen LogP contribution in [0.15, 0.2) is 45.0 Å². The van der Waals surface area contributed by atoms with E-state index in [9.17, 15) is 0 Å². The smallest absolute Gasteiger partial charge is 0.175 e. The molecule has 1 aliphatic heterocycles. The average Bonchev–Trinajstić information content (AvgIpc) is 2.82. The van der Waals surface area contributed by atoms with Crippen molar-refractivity contribution < 1.29 is 0 Å². The molecular weight excluding hydrogens is 268 g/mol. The van der Waals surface area contributed by atoms with Gasteiger partial charge in [-0.2, -0.15) is 5.10 Å². The fraction of sp³-hybridized carbons (Fsp3) is 0.182. The summed E-state index contributed by atoms with van der Waals surface area (Å²) in [6.07, 6.45) is 9.76. The molecule has 0 saturated heterocycles. The lowest BCUT2D eigenvalue weighted by Gasteiger charge is -2.03. The van der Waals surface area contributed by atoms with E-state index in [0.29, 0.717) is 0 Å². The van der Waals surface area contributed by atoms with Gasteiger partial charge in [-0.15, -0.1) is 0 Å². The fourth-order valence-corrected chi connectivity index (χ4v) is 2.32. The highest BCUT2D eigenvalue weighted by molar-refractivity contribution is 9.10. The largest absolute Gasteiger partial charge is 0.264 e. The Morgan fingerprint density at radius 3 is 2.94 bits per heavy atom. The molecule has 0 radical (unpaired) electrons. The van der Waals surface area contributed by atoms with Gasteiger partial charge in [0, 0.05) is 7.05 Å². The van der Waals surface area contributed by atoms with Crippen LogP contribution < -0.4 is 0 Å². The number of amidine groups is 1. The molecule has 1 aromatic heterocycles. The predicted octanol–water partition coefficient (Wildman–Crippen LogP) is 1.88. The Kier molecular flexibility index (Phi) is 2.14. The number of fused-ring (bicyclic) bond motifs is 1. The molecule has 80 valence electrons. The lowest BCUT2D eigenvalue weighted by atomic mass is 10.1. The zero-order valence-electron chi connectivity index (χ0n) is 8.63. The van der Waals surface area contributed by atoms with Crippen LogP contribution in [0, 0.1) is 0 Å². The number of aromatic nitrogens is 2. The molecule has 0 aromatic carbocycles. The molecule has 16 heavy (non-hydrogen) atoms. The molecule has 0 spiro atoms. The molecule has 0 bridgehead atoms. The predicted molar refractivity (Wildman–Crippen MR) is 66.9 cm³/mol. The van der Waals surface area contributed by atoms with Crippen LogP contribution in [-0.2, 0) is 7.05 Å². The molecule has 2 aliphatic rings. The van der Waals surface area contributed by atoms with Gasteiger partial charge >= 0.3 is 0 Å². The highest BCUT2D eigenvalue weighted by atomic mass is 79.9. The lowest BCUT2D eigenvalue weighted by molar-refractivity contribution is 0.758. The van der Waals surface area contributed by atoms with Crippen molar-refractivity contribution >= 4 is 27.5 Å². The highest BCUT2D eigenvalue weighted by Gasteiger charge is 2.23. The molecule has 0 amide bonds. The van der Waals surface area contributed by atoms with Gasteiger partial charge in [-0.1, -0.05) is 18.2 Å². The number of halogens is 1. The first kappa shape index (κ1) is 9.72. The molecule has 4 nitrogen and oxygen atoms in total. The van der Waals surface area contributed by atoms with Gasteiger partial charge in [-0.3, -0.25) is 9.67 Å². The minimum Gasteiger partial charge on any atom is -0.264 e. The van der Waals surface area contributed by atoms with Gasteiger partial charge in [-0.25, -0.2) is 4.99 Å². The SMILES string of the molecule is Cn1ncc(Br)c1C1=NC2C=CC=CC2=N1. The Bertz CT molecular complexity index is 543. The number of hydrogen-bond donors (Lipinski definition) is 0.